The fourth-order valence-corrected chi connectivity index (χ4v) is 3.83. The van der Waals surface area contributed by atoms with E-state index in [4.69, 9.17) is 21.1 Å². The molecule has 0 saturated carbocycles. The number of likely N-dealkylation sites (tertiary alicyclic amines) is 1. The molecule has 2 aromatic carbocycles. The highest BCUT2D eigenvalue weighted by Crippen LogP contribution is 2.31. The normalized spacial score (nSPS) is 20.0. The lowest BCUT2D eigenvalue weighted by Crippen LogP contribution is -2.38. The van der Waals surface area contributed by atoms with E-state index in [1.807, 2.05) is 18.2 Å². The maximum absolute atomic E-state index is 12.8. The second-order valence-corrected chi connectivity index (χ2v) is 7.36. The van der Waals surface area contributed by atoms with Crippen LogP contribution in [-0.4, -0.2) is 37.0 Å². The minimum atomic E-state index is 0.0436. The molecule has 1 fully saturated rings. The summed E-state index contributed by atoms with van der Waals surface area (Å²) in [4.78, 5) is 15.1. The summed E-state index contributed by atoms with van der Waals surface area (Å²) >= 11 is 5.93. The molecule has 1 saturated heterocycles. The van der Waals surface area contributed by atoms with Gasteiger partial charge >= 0.3 is 0 Å². The molecule has 2 aromatic rings. The van der Waals surface area contributed by atoms with Crippen LogP contribution in [0, 0.1) is 5.92 Å². The molecule has 0 spiro atoms. The average molecular weight is 372 g/mol. The van der Waals surface area contributed by atoms with Gasteiger partial charge in [0.2, 0.25) is 0 Å². The third-order valence-corrected chi connectivity index (χ3v) is 5.27. The van der Waals surface area contributed by atoms with Gasteiger partial charge in [0.05, 0.1) is 0 Å². The first-order valence-corrected chi connectivity index (χ1v) is 9.47. The number of piperidine rings is 1. The van der Waals surface area contributed by atoms with E-state index in [1.54, 1.807) is 12.1 Å². The van der Waals surface area contributed by atoms with E-state index in [-0.39, 0.29) is 11.7 Å². The quantitative estimate of drug-likeness (QED) is 0.755. The summed E-state index contributed by atoms with van der Waals surface area (Å²) in [5.41, 5.74) is 1.94. The summed E-state index contributed by atoms with van der Waals surface area (Å²) in [6.45, 7) is 3.82. The Morgan fingerprint density at radius 3 is 2.65 bits per heavy atom. The summed E-state index contributed by atoms with van der Waals surface area (Å²) in [5.74, 6) is 1.89. The minimum Gasteiger partial charge on any atom is -0.486 e. The zero-order valence-electron chi connectivity index (χ0n) is 14.6. The number of ether oxygens (including phenoxy) is 2. The third-order valence-electron chi connectivity index (χ3n) is 5.02. The van der Waals surface area contributed by atoms with Crippen LogP contribution in [0.25, 0.3) is 0 Å². The second kappa shape index (κ2) is 7.68. The van der Waals surface area contributed by atoms with Gasteiger partial charge in [0.25, 0.3) is 0 Å². The highest BCUT2D eigenvalue weighted by atomic mass is 35.5. The van der Waals surface area contributed by atoms with Crippen LogP contribution in [0.4, 0.5) is 0 Å². The lowest BCUT2D eigenvalue weighted by Gasteiger charge is -2.32. The number of hydrogen-bond donors (Lipinski definition) is 0. The lowest BCUT2D eigenvalue weighted by atomic mass is 9.90. The molecule has 26 heavy (non-hydrogen) atoms. The standard InChI is InChI=1S/C21H22ClNO3/c22-18-6-4-16(5-7-18)21(24)17-2-1-9-23(14-17)13-15-3-8-19-20(12-15)26-11-10-25-19/h3-8,12,17H,1-2,9-11,13-14H2/t17-/m0/s1. The molecule has 0 aromatic heterocycles. The Morgan fingerprint density at radius 1 is 1.08 bits per heavy atom. The van der Waals surface area contributed by atoms with E-state index >= 15 is 0 Å². The Balaban J connectivity index is 1.42. The number of hydrogen-bond acceptors (Lipinski definition) is 4. The van der Waals surface area contributed by atoms with Crippen molar-refractivity contribution in [2.75, 3.05) is 26.3 Å². The topological polar surface area (TPSA) is 38.8 Å². The van der Waals surface area contributed by atoms with Crippen molar-refractivity contribution in [3.8, 4) is 11.5 Å². The van der Waals surface area contributed by atoms with Gasteiger partial charge in [0.1, 0.15) is 13.2 Å². The van der Waals surface area contributed by atoms with Crippen LogP contribution in [0.1, 0.15) is 28.8 Å². The average Bonchev–Trinajstić information content (AvgIpc) is 2.68. The van der Waals surface area contributed by atoms with Gasteiger partial charge in [-0.2, -0.15) is 0 Å². The number of nitrogens with zero attached hydrogens (tertiary/aromatic N) is 1. The second-order valence-electron chi connectivity index (χ2n) is 6.92. The first-order valence-electron chi connectivity index (χ1n) is 9.10. The fourth-order valence-electron chi connectivity index (χ4n) is 3.71. The molecule has 0 bridgehead atoms. The molecule has 0 amide bonds. The van der Waals surface area contributed by atoms with Gasteiger partial charge < -0.3 is 9.47 Å². The van der Waals surface area contributed by atoms with Crippen molar-refractivity contribution in [3.63, 3.8) is 0 Å². The van der Waals surface area contributed by atoms with Gasteiger partial charge in [-0.25, -0.2) is 0 Å². The van der Waals surface area contributed by atoms with E-state index in [0.29, 0.717) is 18.2 Å². The fraction of sp³-hybridized carbons (Fsp3) is 0.381. The predicted octanol–water partition coefficient (Wildman–Crippen LogP) is 4.21. The molecule has 0 aliphatic carbocycles. The van der Waals surface area contributed by atoms with Crippen LogP contribution in [-0.2, 0) is 6.54 Å². The Hall–Kier alpha value is -2.04. The van der Waals surface area contributed by atoms with Crippen molar-refractivity contribution in [2.45, 2.75) is 19.4 Å². The van der Waals surface area contributed by atoms with Gasteiger partial charge in [-0.15, -0.1) is 0 Å². The number of fused-ring (bicyclic) bond motifs is 1. The van der Waals surface area contributed by atoms with Gasteiger partial charge in [-0.1, -0.05) is 17.7 Å². The zero-order valence-corrected chi connectivity index (χ0v) is 15.4. The summed E-state index contributed by atoms with van der Waals surface area (Å²) in [6, 6.07) is 13.3. The summed E-state index contributed by atoms with van der Waals surface area (Å²) in [6.07, 6.45) is 1.98. The first-order chi connectivity index (χ1) is 12.7. The SMILES string of the molecule is O=C(c1ccc(Cl)cc1)[C@H]1CCCN(Cc2ccc3c(c2)OCCO3)C1. The maximum atomic E-state index is 12.8. The van der Waals surface area contributed by atoms with Crippen LogP contribution < -0.4 is 9.47 Å². The third kappa shape index (κ3) is 3.87. The van der Waals surface area contributed by atoms with Crippen LogP contribution in [0.15, 0.2) is 42.5 Å². The maximum Gasteiger partial charge on any atom is 0.167 e. The predicted molar refractivity (Wildman–Crippen MR) is 101 cm³/mol. The van der Waals surface area contributed by atoms with E-state index in [9.17, 15) is 4.79 Å². The Morgan fingerprint density at radius 2 is 1.85 bits per heavy atom. The number of carbonyl (C=O) groups is 1. The molecule has 2 aliphatic heterocycles. The van der Waals surface area contributed by atoms with Gasteiger partial charge in [0.15, 0.2) is 17.3 Å². The van der Waals surface area contributed by atoms with E-state index < -0.39 is 0 Å². The van der Waals surface area contributed by atoms with Gasteiger partial charge in [0, 0.05) is 29.6 Å². The van der Waals surface area contributed by atoms with Crippen LogP contribution in [0.2, 0.25) is 5.02 Å². The molecule has 0 unspecified atom stereocenters. The van der Waals surface area contributed by atoms with Crippen molar-refractivity contribution in [1.82, 2.24) is 4.90 Å². The van der Waals surface area contributed by atoms with Crippen molar-refractivity contribution < 1.29 is 14.3 Å². The Bertz CT molecular complexity index is 790. The van der Waals surface area contributed by atoms with Crippen LogP contribution >= 0.6 is 11.6 Å². The van der Waals surface area contributed by atoms with E-state index in [0.717, 1.165) is 49.5 Å². The number of benzene rings is 2. The molecule has 4 nitrogen and oxygen atoms in total. The lowest BCUT2D eigenvalue weighted by molar-refractivity contribution is 0.0811. The highest BCUT2D eigenvalue weighted by Gasteiger charge is 2.26. The molecule has 0 N–H and O–H groups in total. The molecule has 0 radical (unpaired) electrons. The molecule has 4 rings (SSSR count). The van der Waals surface area contributed by atoms with E-state index in [2.05, 4.69) is 17.0 Å². The minimum absolute atomic E-state index is 0.0436. The Kier molecular flexibility index (Phi) is 5.14. The number of Topliss-reactive ketones (excluding diaryl/α,β-unsaturated/α-hetero) is 1. The zero-order chi connectivity index (χ0) is 17.9. The van der Waals surface area contributed by atoms with Gasteiger partial charge in [-0.3, -0.25) is 9.69 Å². The largest absolute Gasteiger partial charge is 0.486 e. The molecule has 2 aliphatic rings. The Labute approximate surface area is 158 Å². The first kappa shape index (κ1) is 17.4. The van der Waals surface area contributed by atoms with Crippen molar-refractivity contribution in [1.29, 1.82) is 0 Å². The van der Waals surface area contributed by atoms with Crippen molar-refractivity contribution >= 4 is 17.4 Å². The molecule has 5 heteroatoms. The van der Waals surface area contributed by atoms with Crippen molar-refractivity contribution in [2.24, 2.45) is 5.92 Å². The molecular formula is C21H22ClNO3. The number of ketones is 1. The summed E-state index contributed by atoms with van der Waals surface area (Å²) in [5, 5.41) is 0.658. The summed E-state index contributed by atoms with van der Waals surface area (Å²) in [7, 11) is 0. The molecule has 136 valence electrons. The monoisotopic (exact) mass is 371 g/mol. The van der Waals surface area contributed by atoms with Crippen LogP contribution in [0.5, 0.6) is 11.5 Å². The smallest absolute Gasteiger partial charge is 0.167 e. The van der Waals surface area contributed by atoms with Crippen LogP contribution in [0.3, 0.4) is 0 Å². The summed E-state index contributed by atoms with van der Waals surface area (Å²) < 4.78 is 11.3. The molecule has 2 heterocycles. The number of halogens is 1. The highest BCUT2D eigenvalue weighted by molar-refractivity contribution is 6.30. The number of rotatable bonds is 4. The van der Waals surface area contributed by atoms with Gasteiger partial charge in [-0.05, 0) is 61.3 Å². The molecule has 1 atom stereocenters. The number of carbonyl (C=O) groups excluding carboxylic acids is 1. The van der Waals surface area contributed by atoms with Crippen molar-refractivity contribution in [3.05, 3.63) is 58.6 Å². The molecular weight excluding hydrogens is 350 g/mol. The van der Waals surface area contributed by atoms with E-state index in [1.165, 1.54) is 5.56 Å².